The second-order valence-electron chi connectivity index (χ2n) is 12.3. The second kappa shape index (κ2) is 11.9. The van der Waals surface area contributed by atoms with Crippen LogP contribution in [0.25, 0.3) is 0 Å². The normalized spacial score (nSPS) is 22.2. The van der Waals surface area contributed by atoms with Gasteiger partial charge < -0.3 is 14.5 Å². The summed E-state index contributed by atoms with van der Waals surface area (Å²) in [5.41, 5.74) is 1.28. The maximum absolute atomic E-state index is 13.1. The Kier molecular flexibility index (Phi) is 8.20. The number of amides is 2. The Morgan fingerprint density at radius 2 is 1.43 bits per heavy atom. The summed E-state index contributed by atoms with van der Waals surface area (Å²) >= 11 is 0. The molecule has 10 heteroatoms. The average Bonchev–Trinajstić information content (AvgIpc) is 3.63. The standard InChI is InChI=1S/C32H39F3N4O3/c33-32(34,35)27-9-5-24(6-10-27)21-36-19-13-31(14-20-36)23-39(30(41)42-31)22-25-3-7-26(8-4-25)29(40)38-17-11-28(12-18-38)37-15-1-2-16-37/h3-10,28H,1-2,11-23H2. The fourth-order valence-corrected chi connectivity index (χ4v) is 6.95. The smallest absolute Gasteiger partial charge is 0.416 e. The number of alkyl halides is 3. The Labute approximate surface area is 245 Å². The summed E-state index contributed by atoms with van der Waals surface area (Å²) in [6, 6.07) is 13.5. The van der Waals surface area contributed by atoms with Crippen molar-refractivity contribution in [1.29, 1.82) is 0 Å². The van der Waals surface area contributed by atoms with E-state index in [2.05, 4.69) is 9.80 Å². The van der Waals surface area contributed by atoms with Gasteiger partial charge in [0.25, 0.3) is 5.91 Å². The molecule has 2 amide bonds. The van der Waals surface area contributed by atoms with E-state index in [-0.39, 0.29) is 12.0 Å². The predicted molar refractivity (Wildman–Crippen MR) is 152 cm³/mol. The van der Waals surface area contributed by atoms with Gasteiger partial charge in [0.1, 0.15) is 5.60 Å². The summed E-state index contributed by atoms with van der Waals surface area (Å²) in [4.78, 5) is 34.4. The summed E-state index contributed by atoms with van der Waals surface area (Å²) in [5.74, 6) is 0.0732. The number of ether oxygens (including phenoxy) is 1. The van der Waals surface area contributed by atoms with Crippen LogP contribution in [0.3, 0.4) is 0 Å². The lowest BCUT2D eigenvalue weighted by Crippen LogP contribution is -2.46. The lowest BCUT2D eigenvalue weighted by molar-refractivity contribution is -0.137. The van der Waals surface area contributed by atoms with Crippen LogP contribution in [-0.2, 0) is 24.0 Å². The van der Waals surface area contributed by atoms with Crippen molar-refractivity contribution in [2.24, 2.45) is 0 Å². The van der Waals surface area contributed by atoms with Gasteiger partial charge in [0.15, 0.2) is 0 Å². The number of nitrogens with zero attached hydrogens (tertiary/aromatic N) is 4. The van der Waals surface area contributed by atoms with Crippen molar-refractivity contribution >= 4 is 12.0 Å². The second-order valence-corrected chi connectivity index (χ2v) is 12.3. The molecule has 42 heavy (non-hydrogen) atoms. The van der Waals surface area contributed by atoms with Gasteiger partial charge in [-0.05, 0) is 74.2 Å². The van der Waals surface area contributed by atoms with E-state index in [1.54, 1.807) is 4.90 Å². The van der Waals surface area contributed by atoms with E-state index in [9.17, 15) is 22.8 Å². The molecule has 0 aromatic heterocycles. The number of hydrogen-bond acceptors (Lipinski definition) is 5. The van der Waals surface area contributed by atoms with Crippen molar-refractivity contribution < 1.29 is 27.5 Å². The highest BCUT2D eigenvalue weighted by atomic mass is 19.4. The molecule has 0 N–H and O–H groups in total. The molecule has 1 spiro atoms. The van der Waals surface area contributed by atoms with E-state index in [4.69, 9.17) is 4.74 Å². The topological polar surface area (TPSA) is 56.3 Å². The highest BCUT2D eigenvalue weighted by Crippen LogP contribution is 2.35. The van der Waals surface area contributed by atoms with Crippen molar-refractivity contribution in [3.63, 3.8) is 0 Å². The maximum Gasteiger partial charge on any atom is 0.416 e. The first-order chi connectivity index (χ1) is 20.2. The summed E-state index contributed by atoms with van der Waals surface area (Å²) in [6.07, 6.45) is 1.34. The number of hydrogen-bond donors (Lipinski definition) is 0. The molecular formula is C32H39F3N4O3. The molecule has 0 unspecified atom stereocenters. The van der Waals surface area contributed by atoms with Gasteiger partial charge in [0.2, 0.25) is 0 Å². The SMILES string of the molecule is O=C1OC2(CCN(Cc3ccc(C(F)(F)F)cc3)CC2)CN1Cc1ccc(C(=O)N2CCC(N3CCCC3)CC2)cc1. The summed E-state index contributed by atoms with van der Waals surface area (Å²) in [6.45, 7) is 6.87. The van der Waals surface area contributed by atoms with E-state index in [1.165, 1.54) is 38.1 Å². The third-order valence-corrected chi connectivity index (χ3v) is 9.48. The fourth-order valence-electron chi connectivity index (χ4n) is 6.95. The van der Waals surface area contributed by atoms with Crippen LogP contribution in [0.15, 0.2) is 48.5 Å². The lowest BCUT2D eigenvalue weighted by Gasteiger charge is -2.37. The fraction of sp³-hybridized carbons (Fsp3) is 0.562. The number of rotatable bonds is 6. The number of benzene rings is 2. The largest absolute Gasteiger partial charge is 0.441 e. The molecule has 226 valence electrons. The molecule has 6 rings (SSSR count). The van der Waals surface area contributed by atoms with Crippen LogP contribution < -0.4 is 0 Å². The Bertz CT molecular complexity index is 1250. The van der Waals surface area contributed by atoms with Crippen molar-refractivity contribution in [3.05, 3.63) is 70.8 Å². The number of halogens is 3. The van der Waals surface area contributed by atoms with E-state index >= 15 is 0 Å². The molecule has 4 fully saturated rings. The molecule has 2 aromatic carbocycles. The van der Waals surface area contributed by atoms with E-state index in [0.29, 0.717) is 57.2 Å². The van der Waals surface area contributed by atoms with E-state index in [0.717, 1.165) is 49.2 Å². The van der Waals surface area contributed by atoms with Crippen LogP contribution >= 0.6 is 0 Å². The van der Waals surface area contributed by atoms with Crippen LogP contribution in [0.5, 0.6) is 0 Å². The molecule has 0 atom stereocenters. The summed E-state index contributed by atoms with van der Waals surface area (Å²) in [5, 5.41) is 0. The zero-order valence-corrected chi connectivity index (χ0v) is 24.0. The molecule has 0 radical (unpaired) electrons. The Balaban J connectivity index is 0.972. The zero-order chi connectivity index (χ0) is 29.3. The minimum absolute atomic E-state index is 0.0732. The molecule has 0 aliphatic carbocycles. The van der Waals surface area contributed by atoms with E-state index < -0.39 is 17.3 Å². The van der Waals surface area contributed by atoms with Gasteiger partial charge in [-0.3, -0.25) is 14.6 Å². The average molecular weight is 585 g/mol. The van der Waals surface area contributed by atoms with Gasteiger partial charge in [-0.1, -0.05) is 24.3 Å². The molecular weight excluding hydrogens is 545 g/mol. The minimum Gasteiger partial charge on any atom is -0.441 e. The highest BCUT2D eigenvalue weighted by Gasteiger charge is 2.46. The summed E-state index contributed by atoms with van der Waals surface area (Å²) in [7, 11) is 0. The van der Waals surface area contributed by atoms with Gasteiger partial charge in [-0.25, -0.2) is 4.79 Å². The van der Waals surface area contributed by atoms with Crippen LogP contribution in [0.1, 0.15) is 65.6 Å². The Morgan fingerprint density at radius 1 is 0.833 bits per heavy atom. The molecule has 7 nitrogen and oxygen atoms in total. The van der Waals surface area contributed by atoms with Gasteiger partial charge >= 0.3 is 12.3 Å². The van der Waals surface area contributed by atoms with E-state index in [1.807, 2.05) is 29.2 Å². The van der Waals surface area contributed by atoms with Crippen LogP contribution in [-0.4, -0.2) is 89.1 Å². The molecule has 2 aromatic rings. The number of piperidine rings is 2. The number of carbonyl (C=O) groups is 2. The Morgan fingerprint density at radius 3 is 2.05 bits per heavy atom. The number of likely N-dealkylation sites (tertiary alicyclic amines) is 3. The highest BCUT2D eigenvalue weighted by molar-refractivity contribution is 5.94. The zero-order valence-electron chi connectivity index (χ0n) is 24.0. The predicted octanol–water partition coefficient (Wildman–Crippen LogP) is 5.39. The Hall–Kier alpha value is -3.11. The third kappa shape index (κ3) is 6.44. The van der Waals surface area contributed by atoms with Gasteiger partial charge in [0.05, 0.1) is 12.1 Å². The lowest BCUT2D eigenvalue weighted by atomic mass is 9.91. The monoisotopic (exact) mass is 584 g/mol. The molecule has 4 saturated heterocycles. The molecule has 4 aliphatic rings. The molecule has 0 bridgehead atoms. The van der Waals surface area contributed by atoms with Crippen LogP contribution in [0, 0.1) is 0 Å². The van der Waals surface area contributed by atoms with Gasteiger partial charge in [0, 0.05) is 63.7 Å². The number of carbonyl (C=O) groups excluding carboxylic acids is 2. The molecule has 4 aliphatic heterocycles. The van der Waals surface area contributed by atoms with Crippen molar-refractivity contribution in [3.8, 4) is 0 Å². The first-order valence-corrected chi connectivity index (χ1v) is 15.2. The molecule has 0 saturated carbocycles. The third-order valence-electron chi connectivity index (χ3n) is 9.48. The van der Waals surface area contributed by atoms with Crippen molar-refractivity contribution in [2.45, 2.75) is 69.4 Å². The quantitative estimate of drug-likeness (QED) is 0.456. The maximum atomic E-state index is 13.1. The summed E-state index contributed by atoms with van der Waals surface area (Å²) < 4.78 is 44.4. The van der Waals surface area contributed by atoms with Crippen molar-refractivity contribution in [1.82, 2.24) is 19.6 Å². The van der Waals surface area contributed by atoms with Gasteiger partial charge in [-0.15, -0.1) is 0 Å². The van der Waals surface area contributed by atoms with Crippen LogP contribution in [0.4, 0.5) is 18.0 Å². The van der Waals surface area contributed by atoms with Crippen LogP contribution in [0.2, 0.25) is 0 Å². The first-order valence-electron chi connectivity index (χ1n) is 15.2. The molecule has 4 heterocycles. The minimum atomic E-state index is -4.34. The van der Waals surface area contributed by atoms with Gasteiger partial charge in [-0.2, -0.15) is 13.2 Å². The van der Waals surface area contributed by atoms with Crippen molar-refractivity contribution in [2.75, 3.05) is 45.8 Å². The first kappa shape index (κ1) is 29.0.